The van der Waals surface area contributed by atoms with Gasteiger partial charge in [0.05, 0.1) is 10.7 Å². The quantitative estimate of drug-likeness (QED) is 0.755. The van der Waals surface area contributed by atoms with Crippen LogP contribution in [0.15, 0.2) is 36.4 Å². The molecule has 2 aromatic carbocycles. The molecule has 0 saturated carbocycles. The molecule has 1 heterocycles. The number of nitrogens with zero attached hydrogens (tertiary/aromatic N) is 1. The Labute approximate surface area is 174 Å². The summed E-state index contributed by atoms with van der Waals surface area (Å²) in [6, 6.07) is 10.6. The van der Waals surface area contributed by atoms with Gasteiger partial charge in [-0.25, -0.2) is 4.79 Å². The second-order valence-corrected chi connectivity index (χ2v) is 8.22. The number of anilines is 1. The molecule has 150 valence electrons. The van der Waals surface area contributed by atoms with Crippen LogP contribution in [0.5, 0.6) is 0 Å². The normalized spacial score (nSPS) is 20.6. The molecule has 7 heteroatoms. The van der Waals surface area contributed by atoms with Gasteiger partial charge in [-0.1, -0.05) is 35.9 Å². The number of carbonyl (C=O) groups excluding carboxylic acids is 3. The van der Waals surface area contributed by atoms with Gasteiger partial charge in [-0.2, -0.15) is 0 Å². The molecule has 2 N–H and O–H groups in total. The van der Waals surface area contributed by atoms with E-state index in [-0.39, 0.29) is 6.54 Å². The van der Waals surface area contributed by atoms with Crippen LogP contribution in [0.25, 0.3) is 0 Å². The zero-order valence-electron chi connectivity index (χ0n) is 16.3. The van der Waals surface area contributed by atoms with E-state index in [2.05, 4.69) is 10.6 Å². The van der Waals surface area contributed by atoms with E-state index in [1.165, 1.54) is 11.1 Å². The third-order valence-corrected chi connectivity index (χ3v) is 5.96. The van der Waals surface area contributed by atoms with E-state index in [1.54, 1.807) is 19.1 Å². The van der Waals surface area contributed by atoms with Crippen LogP contribution in [0.1, 0.15) is 35.6 Å². The maximum absolute atomic E-state index is 13.1. The Morgan fingerprint density at radius 1 is 1.17 bits per heavy atom. The van der Waals surface area contributed by atoms with Crippen molar-refractivity contribution in [2.24, 2.45) is 0 Å². The summed E-state index contributed by atoms with van der Waals surface area (Å²) in [4.78, 5) is 39.0. The van der Waals surface area contributed by atoms with Crippen LogP contribution in [0.2, 0.25) is 5.02 Å². The number of urea groups is 1. The number of rotatable bonds is 4. The Hall–Kier alpha value is -2.86. The van der Waals surface area contributed by atoms with Crippen LogP contribution in [0.3, 0.4) is 0 Å². The predicted molar refractivity (Wildman–Crippen MR) is 111 cm³/mol. The number of aryl methyl sites for hydroxylation is 3. The molecule has 2 aliphatic rings. The molecular formula is C22H22ClN3O3. The third-order valence-electron chi connectivity index (χ3n) is 5.65. The summed E-state index contributed by atoms with van der Waals surface area (Å²) in [6.07, 6.45) is 3.12. The zero-order valence-corrected chi connectivity index (χ0v) is 17.1. The summed E-state index contributed by atoms with van der Waals surface area (Å²) in [5, 5.41) is 5.82. The highest BCUT2D eigenvalue weighted by molar-refractivity contribution is 6.33. The van der Waals surface area contributed by atoms with E-state index in [9.17, 15) is 14.4 Å². The molecule has 1 aliphatic heterocycles. The lowest BCUT2D eigenvalue weighted by atomic mass is 9.89. The molecule has 2 aromatic rings. The van der Waals surface area contributed by atoms with Gasteiger partial charge in [0.25, 0.3) is 5.91 Å². The fraction of sp³-hybridized carbons (Fsp3) is 0.318. The Morgan fingerprint density at radius 3 is 2.69 bits per heavy atom. The Bertz CT molecular complexity index is 1040. The monoisotopic (exact) mass is 411 g/mol. The van der Waals surface area contributed by atoms with Gasteiger partial charge in [0, 0.05) is 0 Å². The van der Waals surface area contributed by atoms with Crippen molar-refractivity contribution in [3.8, 4) is 0 Å². The number of imide groups is 1. The molecule has 29 heavy (non-hydrogen) atoms. The van der Waals surface area contributed by atoms with Crippen molar-refractivity contribution in [3.05, 3.63) is 63.7 Å². The minimum atomic E-state index is -1.18. The number of hydrogen-bond acceptors (Lipinski definition) is 3. The Balaban J connectivity index is 1.51. The zero-order chi connectivity index (χ0) is 20.8. The van der Waals surface area contributed by atoms with Gasteiger partial charge in [-0.05, 0) is 67.5 Å². The SMILES string of the molecule is Cc1ccc(NC(=O)CN2C(=O)NC(C)(c3ccc4c(c3)CCC4)C2=O)c(Cl)c1. The van der Waals surface area contributed by atoms with Crippen LogP contribution < -0.4 is 10.6 Å². The molecule has 1 aliphatic carbocycles. The molecule has 0 spiro atoms. The second kappa shape index (κ2) is 7.19. The lowest BCUT2D eigenvalue weighted by Gasteiger charge is -2.23. The van der Waals surface area contributed by atoms with E-state index in [0.717, 1.165) is 35.3 Å². The van der Waals surface area contributed by atoms with Crippen molar-refractivity contribution < 1.29 is 14.4 Å². The van der Waals surface area contributed by atoms with Crippen molar-refractivity contribution in [2.75, 3.05) is 11.9 Å². The van der Waals surface area contributed by atoms with E-state index in [0.29, 0.717) is 10.7 Å². The van der Waals surface area contributed by atoms with E-state index in [1.807, 2.05) is 31.2 Å². The largest absolute Gasteiger partial charge is 0.325 e. The van der Waals surface area contributed by atoms with Crippen LogP contribution in [0, 0.1) is 6.92 Å². The van der Waals surface area contributed by atoms with Gasteiger partial charge in [0.1, 0.15) is 12.1 Å². The van der Waals surface area contributed by atoms with Crippen LogP contribution >= 0.6 is 11.6 Å². The molecule has 1 fully saturated rings. The minimum Gasteiger partial charge on any atom is -0.323 e. The van der Waals surface area contributed by atoms with Crippen molar-refractivity contribution in [1.82, 2.24) is 10.2 Å². The highest BCUT2D eigenvalue weighted by Gasteiger charge is 2.49. The number of amides is 4. The number of halogens is 1. The average Bonchev–Trinajstić information content (AvgIpc) is 3.22. The summed E-state index contributed by atoms with van der Waals surface area (Å²) in [6.45, 7) is 3.19. The van der Waals surface area contributed by atoms with Gasteiger partial charge < -0.3 is 10.6 Å². The van der Waals surface area contributed by atoms with E-state index < -0.39 is 23.4 Å². The highest BCUT2D eigenvalue weighted by atomic mass is 35.5. The molecule has 0 bridgehead atoms. The van der Waals surface area contributed by atoms with Crippen LogP contribution in [-0.2, 0) is 28.0 Å². The molecule has 0 aromatic heterocycles. The molecule has 0 radical (unpaired) electrons. The number of fused-ring (bicyclic) bond motifs is 1. The fourth-order valence-electron chi connectivity index (χ4n) is 3.97. The summed E-state index contributed by atoms with van der Waals surface area (Å²) in [7, 11) is 0. The first-order valence-electron chi connectivity index (χ1n) is 9.60. The molecule has 1 atom stereocenters. The van der Waals surface area contributed by atoms with Gasteiger partial charge in [-0.3, -0.25) is 14.5 Å². The molecule has 4 amide bonds. The van der Waals surface area contributed by atoms with E-state index in [4.69, 9.17) is 11.6 Å². The molecule has 1 unspecified atom stereocenters. The van der Waals surface area contributed by atoms with Gasteiger partial charge in [0.15, 0.2) is 0 Å². The fourth-order valence-corrected chi connectivity index (χ4v) is 4.26. The van der Waals surface area contributed by atoms with Gasteiger partial charge in [0.2, 0.25) is 5.91 Å². The molecular weight excluding hydrogens is 390 g/mol. The Kier molecular flexibility index (Phi) is 4.82. The first kappa shape index (κ1) is 19.5. The number of benzene rings is 2. The standard InChI is InChI=1S/C22H22ClN3O3/c1-13-6-9-18(17(23)10-13)24-19(27)12-26-20(28)22(2,25-21(26)29)16-8-7-14-4-3-5-15(14)11-16/h6-11H,3-5,12H2,1-2H3,(H,24,27)(H,25,29). The maximum atomic E-state index is 13.1. The molecule has 1 saturated heterocycles. The predicted octanol–water partition coefficient (Wildman–Crippen LogP) is 3.54. The topological polar surface area (TPSA) is 78.5 Å². The van der Waals surface area contributed by atoms with Gasteiger partial charge >= 0.3 is 6.03 Å². The van der Waals surface area contributed by atoms with E-state index >= 15 is 0 Å². The Morgan fingerprint density at radius 2 is 1.93 bits per heavy atom. The summed E-state index contributed by atoms with van der Waals surface area (Å²) in [5.74, 6) is -0.928. The van der Waals surface area contributed by atoms with Gasteiger partial charge in [-0.15, -0.1) is 0 Å². The lowest BCUT2D eigenvalue weighted by Crippen LogP contribution is -2.42. The van der Waals surface area contributed by atoms with Crippen molar-refractivity contribution >= 4 is 35.1 Å². The smallest absolute Gasteiger partial charge is 0.323 e. The first-order valence-corrected chi connectivity index (χ1v) is 9.98. The summed E-state index contributed by atoms with van der Waals surface area (Å²) >= 11 is 6.14. The van der Waals surface area contributed by atoms with Crippen molar-refractivity contribution in [1.29, 1.82) is 0 Å². The number of nitrogens with one attached hydrogen (secondary N) is 2. The highest BCUT2D eigenvalue weighted by Crippen LogP contribution is 2.32. The average molecular weight is 412 g/mol. The third kappa shape index (κ3) is 3.49. The van der Waals surface area contributed by atoms with Crippen LogP contribution in [0.4, 0.5) is 10.5 Å². The summed E-state index contributed by atoms with van der Waals surface area (Å²) in [5.41, 5.74) is 3.47. The first-order chi connectivity index (χ1) is 13.8. The molecule has 4 rings (SSSR count). The number of carbonyl (C=O) groups is 3. The van der Waals surface area contributed by atoms with Crippen molar-refractivity contribution in [2.45, 2.75) is 38.6 Å². The van der Waals surface area contributed by atoms with Crippen molar-refractivity contribution in [3.63, 3.8) is 0 Å². The second-order valence-electron chi connectivity index (χ2n) is 7.81. The summed E-state index contributed by atoms with van der Waals surface area (Å²) < 4.78 is 0. The minimum absolute atomic E-state index is 0.380. The maximum Gasteiger partial charge on any atom is 0.325 e. The van der Waals surface area contributed by atoms with Crippen LogP contribution in [-0.4, -0.2) is 29.3 Å². The lowest BCUT2D eigenvalue weighted by molar-refractivity contribution is -0.133. The molecule has 6 nitrogen and oxygen atoms in total. The number of hydrogen-bond donors (Lipinski definition) is 2.